The van der Waals surface area contributed by atoms with Gasteiger partial charge < -0.3 is 5.32 Å². The summed E-state index contributed by atoms with van der Waals surface area (Å²) in [5.41, 5.74) is 0.256. The van der Waals surface area contributed by atoms with Crippen molar-refractivity contribution in [3.8, 4) is 0 Å². The minimum atomic E-state index is -4.25. The number of fused-ring (bicyclic) bond motifs is 5. The molecule has 4 rings (SSSR count). The Bertz CT molecular complexity index is 522. The molecular formula is C17H20F3N. The first-order valence-corrected chi connectivity index (χ1v) is 7.96. The largest absolute Gasteiger partial charge is 0.416 e. The Morgan fingerprint density at radius 1 is 0.905 bits per heavy atom. The molecule has 0 amide bonds. The van der Waals surface area contributed by atoms with Crippen LogP contribution in [0.3, 0.4) is 0 Å². The van der Waals surface area contributed by atoms with Crippen molar-refractivity contribution in [3.63, 3.8) is 0 Å². The molecule has 3 fully saturated rings. The van der Waals surface area contributed by atoms with Crippen molar-refractivity contribution in [2.75, 3.05) is 5.32 Å². The third kappa shape index (κ3) is 2.23. The summed E-state index contributed by atoms with van der Waals surface area (Å²) in [5.74, 6) is 3.41. The van der Waals surface area contributed by atoms with E-state index in [1.54, 1.807) is 12.1 Å². The Morgan fingerprint density at radius 2 is 1.62 bits per heavy atom. The van der Waals surface area contributed by atoms with Gasteiger partial charge >= 0.3 is 6.18 Å². The molecule has 1 aromatic rings. The predicted molar refractivity (Wildman–Crippen MR) is 75.9 cm³/mol. The van der Waals surface area contributed by atoms with E-state index in [1.807, 2.05) is 0 Å². The smallest absolute Gasteiger partial charge is 0.382 e. The molecule has 4 heteroatoms. The van der Waals surface area contributed by atoms with E-state index in [0.717, 1.165) is 29.4 Å². The molecule has 0 aromatic heterocycles. The van der Waals surface area contributed by atoms with Crippen LogP contribution in [0.2, 0.25) is 0 Å². The second-order valence-electron chi connectivity index (χ2n) is 6.98. The number of nitrogens with one attached hydrogen (secondary N) is 1. The maximum absolute atomic E-state index is 12.6. The molecule has 0 radical (unpaired) electrons. The van der Waals surface area contributed by atoms with Crippen molar-refractivity contribution in [1.82, 2.24) is 0 Å². The number of anilines is 1. The molecule has 3 aliphatic carbocycles. The predicted octanol–water partition coefficient (Wildman–Crippen LogP) is 4.94. The highest BCUT2D eigenvalue weighted by atomic mass is 19.4. The molecule has 0 aliphatic heterocycles. The Hall–Kier alpha value is -1.19. The van der Waals surface area contributed by atoms with Crippen LogP contribution in [0.4, 0.5) is 18.9 Å². The lowest BCUT2D eigenvalue weighted by Gasteiger charge is -2.32. The molecule has 1 N–H and O–H groups in total. The molecule has 0 spiro atoms. The van der Waals surface area contributed by atoms with E-state index in [1.165, 1.54) is 44.2 Å². The molecule has 2 bridgehead atoms. The first kappa shape index (κ1) is 13.5. The van der Waals surface area contributed by atoms with E-state index >= 15 is 0 Å². The SMILES string of the molecule is FC(F)(F)c1ccc(NC2CC3CC2C2CCCC32)cc1. The van der Waals surface area contributed by atoms with Gasteiger partial charge in [0.15, 0.2) is 0 Å². The summed E-state index contributed by atoms with van der Waals surface area (Å²) in [6, 6.07) is 5.95. The normalized spacial score (nSPS) is 37.8. The summed E-state index contributed by atoms with van der Waals surface area (Å²) in [6.07, 6.45) is 2.41. The maximum atomic E-state index is 12.6. The van der Waals surface area contributed by atoms with Gasteiger partial charge in [-0.15, -0.1) is 0 Å². The van der Waals surface area contributed by atoms with Crippen LogP contribution in [0, 0.1) is 23.7 Å². The van der Waals surface area contributed by atoms with Crippen LogP contribution in [0.1, 0.15) is 37.7 Å². The van der Waals surface area contributed by atoms with Gasteiger partial charge in [0.05, 0.1) is 5.56 Å². The summed E-state index contributed by atoms with van der Waals surface area (Å²) in [6.45, 7) is 0. The fourth-order valence-corrected chi connectivity index (χ4v) is 5.20. The van der Waals surface area contributed by atoms with Gasteiger partial charge in [0, 0.05) is 11.7 Å². The standard InChI is InChI=1S/C17H20F3N/c18-17(19,20)11-4-6-12(7-5-11)21-16-9-10-8-15(16)14-3-1-2-13(10)14/h4-7,10,13-16,21H,1-3,8-9H2. The molecule has 0 heterocycles. The van der Waals surface area contributed by atoms with Gasteiger partial charge in [-0.1, -0.05) is 6.42 Å². The zero-order valence-corrected chi connectivity index (χ0v) is 11.9. The average molecular weight is 295 g/mol. The second-order valence-corrected chi connectivity index (χ2v) is 6.98. The van der Waals surface area contributed by atoms with Gasteiger partial charge in [-0.2, -0.15) is 13.2 Å². The summed E-state index contributed by atoms with van der Waals surface area (Å²) < 4.78 is 37.7. The van der Waals surface area contributed by atoms with Crippen LogP contribution in [0.5, 0.6) is 0 Å². The molecule has 1 aromatic carbocycles. The van der Waals surface area contributed by atoms with Gasteiger partial charge in [-0.05, 0) is 73.6 Å². The fraction of sp³-hybridized carbons (Fsp3) is 0.647. The molecule has 21 heavy (non-hydrogen) atoms. The van der Waals surface area contributed by atoms with Gasteiger partial charge in [0.25, 0.3) is 0 Å². The Morgan fingerprint density at radius 3 is 2.33 bits per heavy atom. The summed E-state index contributed by atoms with van der Waals surface area (Å²) in [7, 11) is 0. The summed E-state index contributed by atoms with van der Waals surface area (Å²) in [4.78, 5) is 0. The highest BCUT2D eigenvalue weighted by molar-refractivity contribution is 5.46. The summed E-state index contributed by atoms with van der Waals surface area (Å²) in [5, 5.41) is 3.50. The third-order valence-electron chi connectivity index (χ3n) is 5.99. The molecular weight excluding hydrogens is 275 g/mol. The van der Waals surface area contributed by atoms with Crippen molar-refractivity contribution in [3.05, 3.63) is 29.8 Å². The first-order valence-electron chi connectivity index (χ1n) is 7.96. The Labute approximate surface area is 122 Å². The van der Waals surface area contributed by atoms with Crippen molar-refractivity contribution >= 4 is 5.69 Å². The first-order chi connectivity index (χ1) is 10.0. The third-order valence-corrected chi connectivity index (χ3v) is 5.99. The molecule has 5 unspecified atom stereocenters. The number of rotatable bonds is 2. The van der Waals surface area contributed by atoms with Crippen molar-refractivity contribution < 1.29 is 13.2 Å². The lowest BCUT2D eigenvalue weighted by atomic mass is 9.79. The van der Waals surface area contributed by atoms with Gasteiger partial charge in [-0.3, -0.25) is 0 Å². The fourth-order valence-electron chi connectivity index (χ4n) is 5.20. The van der Waals surface area contributed by atoms with E-state index < -0.39 is 11.7 Å². The number of hydrogen-bond donors (Lipinski definition) is 1. The zero-order chi connectivity index (χ0) is 14.6. The van der Waals surface area contributed by atoms with Crippen molar-refractivity contribution in [1.29, 1.82) is 0 Å². The molecule has 5 atom stereocenters. The van der Waals surface area contributed by atoms with Crippen LogP contribution in [-0.4, -0.2) is 6.04 Å². The molecule has 1 nitrogen and oxygen atoms in total. The van der Waals surface area contributed by atoms with Crippen molar-refractivity contribution in [2.45, 2.75) is 44.3 Å². The quantitative estimate of drug-likeness (QED) is 0.814. The molecule has 0 saturated heterocycles. The minimum Gasteiger partial charge on any atom is -0.382 e. The van der Waals surface area contributed by atoms with Crippen LogP contribution in [0.25, 0.3) is 0 Å². The topological polar surface area (TPSA) is 12.0 Å². The zero-order valence-electron chi connectivity index (χ0n) is 11.9. The van der Waals surface area contributed by atoms with Gasteiger partial charge in [0.1, 0.15) is 0 Å². The van der Waals surface area contributed by atoms with E-state index in [4.69, 9.17) is 0 Å². The second kappa shape index (κ2) is 4.65. The van der Waals surface area contributed by atoms with Crippen LogP contribution in [-0.2, 0) is 6.18 Å². The number of benzene rings is 1. The average Bonchev–Trinajstić information content (AvgIpc) is 3.10. The Kier molecular flexibility index (Phi) is 2.98. The van der Waals surface area contributed by atoms with E-state index in [-0.39, 0.29) is 0 Å². The molecule has 3 aliphatic rings. The number of alkyl halides is 3. The van der Waals surface area contributed by atoms with Crippen LogP contribution in [0.15, 0.2) is 24.3 Å². The van der Waals surface area contributed by atoms with Gasteiger partial charge in [0.2, 0.25) is 0 Å². The molecule has 114 valence electrons. The van der Waals surface area contributed by atoms with Gasteiger partial charge in [-0.25, -0.2) is 0 Å². The molecule has 3 saturated carbocycles. The lowest BCUT2D eigenvalue weighted by Crippen LogP contribution is -2.33. The highest BCUT2D eigenvalue weighted by Crippen LogP contribution is 2.59. The van der Waals surface area contributed by atoms with Crippen LogP contribution < -0.4 is 5.32 Å². The van der Waals surface area contributed by atoms with E-state index in [2.05, 4.69) is 5.32 Å². The minimum absolute atomic E-state index is 0.464. The van der Waals surface area contributed by atoms with E-state index in [9.17, 15) is 13.2 Å². The number of hydrogen-bond acceptors (Lipinski definition) is 1. The summed E-state index contributed by atoms with van der Waals surface area (Å²) >= 11 is 0. The van der Waals surface area contributed by atoms with E-state index in [0.29, 0.717) is 6.04 Å². The number of halogens is 3. The highest BCUT2D eigenvalue weighted by Gasteiger charge is 2.53. The lowest BCUT2D eigenvalue weighted by molar-refractivity contribution is -0.137. The maximum Gasteiger partial charge on any atom is 0.416 e. The van der Waals surface area contributed by atoms with Crippen molar-refractivity contribution in [2.24, 2.45) is 23.7 Å². The van der Waals surface area contributed by atoms with Crippen LogP contribution >= 0.6 is 0 Å². The Balaban J connectivity index is 1.45. The monoisotopic (exact) mass is 295 g/mol.